The molecule has 2 amide bonds. The SMILES string of the molecule is CC(C)(C)C(=O)Nc1ccc(-n2cccc(C(=O)NC3CCCC3)c2=O)cc1. The Morgan fingerprint density at radius 2 is 1.68 bits per heavy atom. The van der Waals surface area contributed by atoms with Crippen LogP contribution in [0, 0.1) is 5.41 Å². The van der Waals surface area contributed by atoms with Crippen molar-refractivity contribution < 1.29 is 9.59 Å². The van der Waals surface area contributed by atoms with Crippen LogP contribution in [-0.2, 0) is 4.79 Å². The third kappa shape index (κ3) is 4.50. The normalized spacial score (nSPS) is 14.7. The topological polar surface area (TPSA) is 80.2 Å². The highest BCUT2D eigenvalue weighted by molar-refractivity contribution is 5.95. The summed E-state index contributed by atoms with van der Waals surface area (Å²) in [6.45, 7) is 5.54. The van der Waals surface area contributed by atoms with E-state index in [-0.39, 0.29) is 29.0 Å². The summed E-state index contributed by atoms with van der Waals surface area (Å²) in [6, 6.07) is 10.4. The maximum absolute atomic E-state index is 12.8. The molecule has 6 heteroatoms. The molecule has 148 valence electrons. The van der Waals surface area contributed by atoms with Gasteiger partial charge in [0.15, 0.2) is 0 Å². The van der Waals surface area contributed by atoms with E-state index in [4.69, 9.17) is 0 Å². The Balaban J connectivity index is 1.79. The van der Waals surface area contributed by atoms with E-state index in [9.17, 15) is 14.4 Å². The first-order valence-electron chi connectivity index (χ1n) is 9.70. The van der Waals surface area contributed by atoms with Crippen LogP contribution in [0.3, 0.4) is 0 Å². The highest BCUT2D eigenvalue weighted by atomic mass is 16.2. The summed E-state index contributed by atoms with van der Waals surface area (Å²) in [7, 11) is 0. The minimum Gasteiger partial charge on any atom is -0.349 e. The van der Waals surface area contributed by atoms with Crippen molar-refractivity contribution in [3.63, 3.8) is 0 Å². The van der Waals surface area contributed by atoms with Crippen LogP contribution < -0.4 is 16.2 Å². The lowest BCUT2D eigenvalue weighted by atomic mass is 9.95. The lowest BCUT2D eigenvalue weighted by Gasteiger charge is -2.18. The lowest BCUT2D eigenvalue weighted by molar-refractivity contribution is -0.123. The summed E-state index contributed by atoms with van der Waals surface area (Å²) in [4.78, 5) is 37.4. The Morgan fingerprint density at radius 3 is 2.29 bits per heavy atom. The highest BCUT2D eigenvalue weighted by Crippen LogP contribution is 2.19. The van der Waals surface area contributed by atoms with Gasteiger partial charge in [-0.3, -0.25) is 19.0 Å². The number of anilines is 1. The van der Waals surface area contributed by atoms with Crippen LogP contribution in [0.25, 0.3) is 5.69 Å². The van der Waals surface area contributed by atoms with Crippen molar-refractivity contribution in [1.82, 2.24) is 9.88 Å². The second-order valence-corrected chi connectivity index (χ2v) is 8.30. The second-order valence-electron chi connectivity index (χ2n) is 8.30. The van der Waals surface area contributed by atoms with E-state index in [2.05, 4.69) is 10.6 Å². The number of aromatic nitrogens is 1. The Morgan fingerprint density at radius 1 is 1.04 bits per heavy atom. The maximum Gasteiger partial charge on any atom is 0.267 e. The molecule has 1 saturated carbocycles. The number of rotatable bonds is 4. The zero-order valence-electron chi connectivity index (χ0n) is 16.6. The molecule has 1 aromatic heterocycles. The summed E-state index contributed by atoms with van der Waals surface area (Å²) < 4.78 is 1.44. The summed E-state index contributed by atoms with van der Waals surface area (Å²) in [5.41, 5.74) is 0.585. The van der Waals surface area contributed by atoms with E-state index in [0.717, 1.165) is 25.7 Å². The summed E-state index contributed by atoms with van der Waals surface area (Å²) in [5, 5.41) is 5.81. The lowest BCUT2D eigenvalue weighted by Crippen LogP contribution is -2.37. The average molecular weight is 381 g/mol. The van der Waals surface area contributed by atoms with Crippen molar-refractivity contribution in [3.05, 3.63) is 58.5 Å². The number of carbonyl (C=O) groups is 2. The van der Waals surface area contributed by atoms with Crippen molar-refractivity contribution in [2.24, 2.45) is 5.41 Å². The van der Waals surface area contributed by atoms with Crippen LogP contribution in [0.4, 0.5) is 5.69 Å². The first-order chi connectivity index (χ1) is 13.3. The maximum atomic E-state index is 12.8. The minimum absolute atomic E-state index is 0.0806. The molecule has 1 aromatic carbocycles. The van der Waals surface area contributed by atoms with Gasteiger partial charge in [0.05, 0.1) is 0 Å². The minimum atomic E-state index is -0.489. The quantitative estimate of drug-likeness (QED) is 0.851. The number of benzene rings is 1. The van der Waals surface area contributed by atoms with Gasteiger partial charge < -0.3 is 10.6 Å². The fourth-order valence-electron chi connectivity index (χ4n) is 3.23. The molecule has 0 atom stereocenters. The van der Waals surface area contributed by atoms with Crippen molar-refractivity contribution in [2.45, 2.75) is 52.5 Å². The zero-order chi connectivity index (χ0) is 20.3. The van der Waals surface area contributed by atoms with Crippen LogP contribution in [0.5, 0.6) is 0 Å². The number of hydrogen-bond acceptors (Lipinski definition) is 3. The number of carbonyl (C=O) groups excluding carboxylic acids is 2. The van der Waals surface area contributed by atoms with Crippen molar-refractivity contribution in [2.75, 3.05) is 5.32 Å². The Hall–Kier alpha value is -2.89. The van der Waals surface area contributed by atoms with E-state index in [1.807, 2.05) is 20.8 Å². The van der Waals surface area contributed by atoms with Crippen LogP contribution in [0.1, 0.15) is 56.8 Å². The molecule has 0 unspecified atom stereocenters. The van der Waals surface area contributed by atoms with Crippen LogP contribution in [0.2, 0.25) is 0 Å². The summed E-state index contributed by atoms with van der Waals surface area (Å²) in [5.74, 6) is -0.400. The van der Waals surface area contributed by atoms with Crippen LogP contribution in [-0.4, -0.2) is 22.4 Å². The molecular formula is C22H27N3O3. The number of amides is 2. The van der Waals surface area contributed by atoms with Gasteiger partial charge >= 0.3 is 0 Å². The van der Waals surface area contributed by atoms with Gasteiger partial charge in [-0.25, -0.2) is 0 Å². The van der Waals surface area contributed by atoms with Gasteiger partial charge in [0.25, 0.3) is 11.5 Å². The van der Waals surface area contributed by atoms with Crippen molar-refractivity contribution >= 4 is 17.5 Å². The molecule has 6 nitrogen and oxygen atoms in total. The highest BCUT2D eigenvalue weighted by Gasteiger charge is 2.22. The van der Waals surface area contributed by atoms with Gasteiger partial charge in [0, 0.05) is 29.0 Å². The molecule has 0 bridgehead atoms. The van der Waals surface area contributed by atoms with E-state index < -0.39 is 5.41 Å². The first-order valence-corrected chi connectivity index (χ1v) is 9.70. The molecule has 1 aliphatic rings. The van der Waals surface area contributed by atoms with Gasteiger partial charge in [-0.05, 0) is 49.2 Å². The largest absolute Gasteiger partial charge is 0.349 e. The molecule has 0 spiro atoms. The van der Waals surface area contributed by atoms with Crippen LogP contribution >= 0.6 is 0 Å². The van der Waals surface area contributed by atoms with Gasteiger partial charge in [0.1, 0.15) is 5.56 Å². The van der Waals surface area contributed by atoms with E-state index in [1.165, 1.54) is 4.57 Å². The third-order valence-corrected chi connectivity index (χ3v) is 4.97. The van der Waals surface area contributed by atoms with E-state index >= 15 is 0 Å². The van der Waals surface area contributed by atoms with Gasteiger partial charge in [-0.2, -0.15) is 0 Å². The molecule has 1 aliphatic carbocycles. The van der Waals surface area contributed by atoms with Gasteiger partial charge in [-0.1, -0.05) is 33.6 Å². The van der Waals surface area contributed by atoms with Crippen LogP contribution in [0.15, 0.2) is 47.4 Å². The number of hydrogen-bond donors (Lipinski definition) is 2. The molecule has 0 saturated heterocycles. The van der Waals surface area contributed by atoms with E-state index in [1.54, 1.807) is 42.6 Å². The average Bonchev–Trinajstić information content (AvgIpc) is 3.15. The second kappa shape index (κ2) is 8.00. The zero-order valence-corrected chi connectivity index (χ0v) is 16.6. The molecule has 28 heavy (non-hydrogen) atoms. The van der Waals surface area contributed by atoms with E-state index in [0.29, 0.717) is 11.4 Å². The number of nitrogens with one attached hydrogen (secondary N) is 2. The molecule has 0 radical (unpaired) electrons. The molecule has 0 aliphatic heterocycles. The molecule has 2 aromatic rings. The molecule has 2 N–H and O–H groups in total. The molecule has 1 fully saturated rings. The molecule has 3 rings (SSSR count). The monoisotopic (exact) mass is 381 g/mol. The fraction of sp³-hybridized carbons (Fsp3) is 0.409. The Bertz CT molecular complexity index is 917. The Labute approximate surface area is 165 Å². The standard InChI is InChI=1S/C22H27N3O3/c1-22(2,3)21(28)24-16-10-12-17(13-11-16)25-14-6-9-18(20(25)27)19(26)23-15-7-4-5-8-15/h6,9-15H,4-5,7-8H2,1-3H3,(H,23,26)(H,24,28). The number of pyridine rings is 1. The third-order valence-electron chi connectivity index (χ3n) is 4.97. The molecular weight excluding hydrogens is 354 g/mol. The van der Waals surface area contributed by atoms with Gasteiger partial charge in [-0.15, -0.1) is 0 Å². The van der Waals surface area contributed by atoms with Crippen molar-refractivity contribution in [1.29, 1.82) is 0 Å². The first kappa shape index (κ1) is 19.9. The smallest absolute Gasteiger partial charge is 0.267 e. The fourth-order valence-corrected chi connectivity index (χ4v) is 3.23. The summed E-state index contributed by atoms with van der Waals surface area (Å²) in [6.07, 6.45) is 5.80. The summed E-state index contributed by atoms with van der Waals surface area (Å²) >= 11 is 0. The molecule has 1 heterocycles. The predicted octanol–water partition coefficient (Wildman–Crippen LogP) is 3.49. The van der Waals surface area contributed by atoms with Gasteiger partial charge in [0.2, 0.25) is 5.91 Å². The Kier molecular flexibility index (Phi) is 5.68. The van der Waals surface area contributed by atoms with Crippen molar-refractivity contribution in [3.8, 4) is 5.69 Å². The predicted molar refractivity (Wildman–Crippen MR) is 110 cm³/mol. The number of nitrogens with zero attached hydrogens (tertiary/aromatic N) is 1.